The van der Waals surface area contributed by atoms with E-state index in [2.05, 4.69) is 5.32 Å². The van der Waals surface area contributed by atoms with Gasteiger partial charge in [0.05, 0.1) is 11.5 Å². The Labute approximate surface area is 174 Å². The number of amides is 2. The topological polar surface area (TPSA) is 49.4 Å². The van der Waals surface area contributed by atoms with Crippen LogP contribution in [0.3, 0.4) is 0 Å². The zero-order chi connectivity index (χ0) is 21.7. The van der Waals surface area contributed by atoms with Gasteiger partial charge >= 0.3 is 6.18 Å². The molecular formula is C23H25F3N2O2. The number of alkyl halides is 3. The van der Waals surface area contributed by atoms with Crippen LogP contribution in [0.25, 0.3) is 0 Å². The molecule has 1 aliphatic heterocycles. The molecule has 30 heavy (non-hydrogen) atoms. The number of unbranched alkanes of at least 4 members (excludes halogenated alkanes) is 1. The van der Waals surface area contributed by atoms with Gasteiger partial charge in [-0.25, -0.2) is 0 Å². The lowest BCUT2D eigenvalue weighted by atomic mass is 9.87. The summed E-state index contributed by atoms with van der Waals surface area (Å²) in [5.74, 6) is -1.55. The Hall–Kier alpha value is -2.83. The van der Waals surface area contributed by atoms with Gasteiger partial charge in [-0.15, -0.1) is 0 Å². The molecule has 1 heterocycles. The molecule has 3 rings (SSSR count). The molecule has 2 unspecified atom stereocenters. The molecule has 0 spiro atoms. The van der Waals surface area contributed by atoms with Crippen molar-refractivity contribution in [3.05, 3.63) is 71.3 Å². The van der Waals surface area contributed by atoms with E-state index < -0.39 is 23.6 Å². The molecule has 160 valence electrons. The van der Waals surface area contributed by atoms with Gasteiger partial charge in [-0.05, 0) is 30.2 Å². The fourth-order valence-corrected chi connectivity index (χ4v) is 3.80. The van der Waals surface area contributed by atoms with E-state index in [9.17, 15) is 22.8 Å². The first kappa shape index (κ1) is 21.9. The lowest BCUT2D eigenvalue weighted by molar-refractivity contribution is -0.137. The largest absolute Gasteiger partial charge is 0.416 e. The van der Waals surface area contributed by atoms with Gasteiger partial charge in [-0.2, -0.15) is 13.2 Å². The van der Waals surface area contributed by atoms with Crippen LogP contribution in [-0.4, -0.2) is 36.3 Å². The highest BCUT2D eigenvalue weighted by Crippen LogP contribution is 2.37. The average Bonchev–Trinajstić information content (AvgIpc) is 3.19. The second-order valence-corrected chi connectivity index (χ2v) is 7.56. The maximum absolute atomic E-state index is 13.2. The van der Waals surface area contributed by atoms with Crippen LogP contribution in [0.5, 0.6) is 0 Å². The standard InChI is InChI=1S/C23H25F3N2O2/c1-2-3-12-27-21(29)20-15-28(22(30)16-8-5-4-6-9-16)14-19(20)17-10-7-11-18(13-17)23(24,25)26/h4-11,13,19-20H,2-3,12,14-15H2,1H3,(H,27,29). The average molecular weight is 418 g/mol. The molecule has 1 N–H and O–H groups in total. The minimum absolute atomic E-state index is 0.173. The molecular weight excluding hydrogens is 393 g/mol. The normalized spacial score (nSPS) is 19.0. The number of benzene rings is 2. The predicted molar refractivity (Wildman–Crippen MR) is 108 cm³/mol. The number of carbonyl (C=O) groups excluding carboxylic acids is 2. The Kier molecular flexibility index (Phi) is 6.80. The van der Waals surface area contributed by atoms with Gasteiger partial charge in [0.15, 0.2) is 0 Å². The van der Waals surface area contributed by atoms with Crippen LogP contribution < -0.4 is 5.32 Å². The minimum atomic E-state index is -4.47. The Morgan fingerprint density at radius 2 is 1.80 bits per heavy atom. The minimum Gasteiger partial charge on any atom is -0.356 e. The summed E-state index contributed by atoms with van der Waals surface area (Å²) >= 11 is 0. The summed E-state index contributed by atoms with van der Waals surface area (Å²) in [5, 5.41) is 2.87. The first-order chi connectivity index (χ1) is 14.3. The molecule has 0 bridgehead atoms. The SMILES string of the molecule is CCCCNC(=O)C1CN(C(=O)c2ccccc2)CC1c1cccc(C(F)(F)F)c1. The summed E-state index contributed by atoms with van der Waals surface area (Å²) in [6.45, 7) is 2.88. The van der Waals surface area contributed by atoms with E-state index in [0.717, 1.165) is 25.0 Å². The molecule has 0 saturated carbocycles. The summed E-state index contributed by atoms with van der Waals surface area (Å²) < 4.78 is 39.6. The molecule has 0 radical (unpaired) electrons. The van der Waals surface area contributed by atoms with Crippen molar-refractivity contribution in [3.63, 3.8) is 0 Å². The van der Waals surface area contributed by atoms with Crippen molar-refractivity contribution in [3.8, 4) is 0 Å². The Morgan fingerprint density at radius 1 is 1.07 bits per heavy atom. The van der Waals surface area contributed by atoms with Gasteiger partial charge in [-0.3, -0.25) is 9.59 Å². The molecule has 2 atom stereocenters. The molecule has 1 fully saturated rings. The first-order valence-electron chi connectivity index (χ1n) is 10.1. The van der Waals surface area contributed by atoms with Crippen LogP contribution in [0.2, 0.25) is 0 Å². The second-order valence-electron chi connectivity index (χ2n) is 7.56. The maximum atomic E-state index is 13.2. The lowest BCUT2D eigenvalue weighted by Gasteiger charge is -2.19. The summed E-state index contributed by atoms with van der Waals surface area (Å²) in [7, 11) is 0. The van der Waals surface area contributed by atoms with E-state index in [1.165, 1.54) is 6.07 Å². The number of nitrogens with zero attached hydrogens (tertiary/aromatic N) is 1. The highest BCUT2D eigenvalue weighted by atomic mass is 19.4. The molecule has 1 aliphatic rings. The summed E-state index contributed by atoms with van der Waals surface area (Å²) in [6.07, 6.45) is -2.73. The van der Waals surface area contributed by atoms with E-state index in [0.29, 0.717) is 17.7 Å². The van der Waals surface area contributed by atoms with Crippen molar-refractivity contribution in [1.29, 1.82) is 0 Å². The molecule has 0 aliphatic carbocycles. The first-order valence-corrected chi connectivity index (χ1v) is 10.1. The quantitative estimate of drug-likeness (QED) is 0.704. The molecule has 2 amide bonds. The van der Waals surface area contributed by atoms with Crippen molar-refractivity contribution in [1.82, 2.24) is 10.2 Å². The van der Waals surface area contributed by atoms with Gasteiger partial charge in [-0.1, -0.05) is 49.7 Å². The van der Waals surface area contributed by atoms with E-state index >= 15 is 0 Å². The van der Waals surface area contributed by atoms with Crippen LogP contribution in [0.4, 0.5) is 13.2 Å². The number of rotatable bonds is 6. The zero-order valence-electron chi connectivity index (χ0n) is 16.8. The number of hydrogen-bond acceptors (Lipinski definition) is 2. The van der Waals surface area contributed by atoms with Crippen molar-refractivity contribution in [2.45, 2.75) is 31.9 Å². The van der Waals surface area contributed by atoms with Crippen molar-refractivity contribution >= 4 is 11.8 Å². The van der Waals surface area contributed by atoms with Gasteiger partial charge in [0, 0.05) is 31.1 Å². The van der Waals surface area contributed by atoms with E-state index in [4.69, 9.17) is 0 Å². The van der Waals surface area contributed by atoms with Crippen LogP contribution in [-0.2, 0) is 11.0 Å². The summed E-state index contributed by atoms with van der Waals surface area (Å²) in [4.78, 5) is 27.3. The highest BCUT2D eigenvalue weighted by molar-refractivity contribution is 5.95. The fraction of sp³-hybridized carbons (Fsp3) is 0.391. The fourth-order valence-electron chi connectivity index (χ4n) is 3.80. The van der Waals surface area contributed by atoms with E-state index in [-0.39, 0.29) is 24.9 Å². The van der Waals surface area contributed by atoms with Gasteiger partial charge in [0.2, 0.25) is 5.91 Å². The molecule has 7 heteroatoms. The summed E-state index contributed by atoms with van der Waals surface area (Å²) in [6, 6.07) is 13.7. The Morgan fingerprint density at radius 3 is 2.47 bits per heavy atom. The zero-order valence-corrected chi connectivity index (χ0v) is 16.8. The smallest absolute Gasteiger partial charge is 0.356 e. The molecule has 4 nitrogen and oxygen atoms in total. The van der Waals surface area contributed by atoms with Crippen LogP contribution in [0.15, 0.2) is 54.6 Å². The van der Waals surface area contributed by atoms with Gasteiger partial charge in [0.25, 0.3) is 5.91 Å². The molecule has 2 aromatic rings. The third kappa shape index (κ3) is 5.01. The summed E-state index contributed by atoms with van der Waals surface area (Å²) in [5.41, 5.74) is 0.161. The van der Waals surface area contributed by atoms with Crippen molar-refractivity contribution in [2.75, 3.05) is 19.6 Å². The number of hydrogen-bond donors (Lipinski definition) is 1. The monoisotopic (exact) mass is 418 g/mol. The molecule has 1 saturated heterocycles. The predicted octanol–water partition coefficient (Wildman–Crippen LogP) is 4.48. The molecule has 0 aromatic heterocycles. The van der Waals surface area contributed by atoms with Crippen molar-refractivity contribution < 1.29 is 22.8 Å². The van der Waals surface area contributed by atoms with E-state index in [1.807, 2.05) is 6.92 Å². The van der Waals surface area contributed by atoms with Crippen LogP contribution in [0, 0.1) is 5.92 Å². The maximum Gasteiger partial charge on any atom is 0.416 e. The number of carbonyl (C=O) groups is 2. The highest BCUT2D eigenvalue weighted by Gasteiger charge is 2.41. The Balaban J connectivity index is 1.87. The van der Waals surface area contributed by atoms with Gasteiger partial charge in [0.1, 0.15) is 0 Å². The number of nitrogens with one attached hydrogen (secondary N) is 1. The lowest BCUT2D eigenvalue weighted by Crippen LogP contribution is -2.36. The van der Waals surface area contributed by atoms with E-state index in [1.54, 1.807) is 41.3 Å². The second kappa shape index (κ2) is 9.32. The third-order valence-corrected chi connectivity index (χ3v) is 5.44. The van der Waals surface area contributed by atoms with Crippen LogP contribution >= 0.6 is 0 Å². The van der Waals surface area contributed by atoms with Crippen LogP contribution in [0.1, 0.15) is 47.2 Å². The molecule has 2 aromatic carbocycles. The number of likely N-dealkylation sites (tertiary alicyclic amines) is 1. The Bertz CT molecular complexity index is 884. The van der Waals surface area contributed by atoms with Gasteiger partial charge < -0.3 is 10.2 Å². The third-order valence-electron chi connectivity index (χ3n) is 5.44. The number of halogens is 3. The van der Waals surface area contributed by atoms with Crippen molar-refractivity contribution in [2.24, 2.45) is 5.92 Å².